The monoisotopic (exact) mass is 847 g/mol. The number of nitrogens with one attached hydrogen (secondary N) is 3. The van der Waals surface area contributed by atoms with Crippen LogP contribution in [0.5, 0.6) is 0 Å². The van der Waals surface area contributed by atoms with E-state index in [0.717, 1.165) is 35.5 Å². The predicted molar refractivity (Wildman–Crippen MR) is 278 cm³/mol. The van der Waals surface area contributed by atoms with Crippen LogP contribution in [-0.2, 0) is 6.42 Å². The summed E-state index contributed by atoms with van der Waals surface area (Å²) in [6, 6.07) is 73.0. The van der Waals surface area contributed by atoms with Crippen molar-refractivity contribution in [2.24, 2.45) is 0 Å². The first-order valence-electron chi connectivity index (χ1n) is 23.3. The summed E-state index contributed by atoms with van der Waals surface area (Å²) in [6.07, 6.45) is 15.9. The van der Waals surface area contributed by atoms with Crippen LogP contribution in [-0.4, -0.2) is 0 Å². The van der Waals surface area contributed by atoms with E-state index in [9.17, 15) is 0 Å². The van der Waals surface area contributed by atoms with Crippen molar-refractivity contribution >= 4 is 52.0 Å². The molecule has 0 bridgehead atoms. The Morgan fingerprint density at radius 3 is 1.58 bits per heavy atom. The zero-order valence-corrected chi connectivity index (χ0v) is 36.7. The molecule has 4 aliphatic rings. The zero-order valence-electron chi connectivity index (χ0n) is 36.7. The van der Waals surface area contributed by atoms with Gasteiger partial charge < -0.3 is 16.0 Å². The van der Waals surface area contributed by atoms with E-state index < -0.39 is 0 Å². The first-order chi connectivity index (χ1) is 32.7. The fourth-order valence-corrected chi connectivity index (χ4v) is 10.5. The highest BCUT2D eigenvalue weighted by atomic mass is 15.0. The van der Waals surface area contributed by atoms with Crippen LogP contribution in [0.1, 0.15) is 85.7 Å². The van der Waals surface area contributed by atoms with E-state index in [1.807, 2.05) is 0 Å². The third-order valence-corrected chi connectivity index (χ3v) is 13.7. The van der Waals surface area contributed by atoms with E-state index >= 15 is 0 Å². The minimum absolute atomic E-state index is 0.0302. The molecule has 0 amide bonds. The highest BCUT2D eigenvalue weighted by Gasteiger charge is 2.33. The van der Waals surface area contributed by atoms with E-state index in [2.05, 4.69) is 253 Å². The van der Waals surface area contributed by atoms with Gasteiger partial charge in [0.05, 0.1) is 35.2 Å². The number of fused-ring (bicyclic) bond motifs is 4. The molecular formula is C63H49N3. The number of hydrogen-bond acceptors (Lipinski definition) is 3. The van der Waals surface area contributed by atoms with Crippen LogP contribution in [0.25, 0.3) is 51.8 Å². The van der Waals surface area contributed by atoms with Gasteiger partial charge in [0.25, 0.3) is 0 Å². The SMILES string of the molecule is C1=Cc2c(C3C=Cc4ccc5c(c4N3)NC(c3ccccc3)C=C5)ccc(-c3ccc(C4=C(c5ccccc5)C(c5ccccc5)NC(c5ccccc5)=C4c4ccccc4)cc3)c2CC1. The fraction of sp³-hybridized carbons (Fsp3) is 0.0794. The second-order valence-corrected chi connectivity index (χ2v) is 17.6. The highest BCUT2D eigenvalue weighted by molar-refractivity contribution is 6.24. The third kappa shape index (κ3) is 7.19. The molecule has 0 saturated heterocycles. The lowest BCUT2D eigenvalue weighted by Crippen LogP contribution is -2.27. The molecule has 3 unspecified atom stereocenters. The topological polar surface area (TPSA) is 36.1 Å². The first-order valence-corrected chi connectivity index (χ1v) is 23.3. The van der Waals surface area contributed by atoms with Gasteiger partial charge in [-0.15, -0.1) is 0 Å². The maximum absolute atomic E-state index is 4.11. The fourth-order valence-electron chi connectivity index (χ4n) is 10.5. The van der Waals surface area contributed by atoms with Crippen molar-refractivity contribution in [3.63, 3.8) is 0 Å². The van der Waals surface area contributed by atoms with Crippen LogP contribution in [0.3, 0.4) is 0 Å². The molecule has 3 heteroatoms. The van der Waals surface area contributed by atoms with Crippen LogP contribution in [0.15, 0.2) is 218 Å². The van der Waals surface area contributed by atoms with Gasteiger partial charge in [-0.05, 0) is 96.3 Å². The number of anilines is 2. The molecule has 0 fully saturated rings. The summed E-state index contributed by atoms with van der Waals surface area (Å²) in [5.74, 6) is 0. The molecule has 8 aromatic carbocycles. The van der Waals surface area contributed by atoms with Gasteiger partial charge in [0.2, 0.25) is 0 Å². The van der Waals surface area contributed by atoms with Crippen molar-refractivity contribution in [1.29, 1.82) is 0 Å². The zero-order chi connectivity index (χ0) is 43.8. The van der Waals surface area contributed by atoms with E-state index in [0.29, 0.717) is 0 Å². The van der Waals surface area contributed by atoms with Gasteiger partial charge in [-0.1, -0.05) is 237 Å². The number of benzene rings is 8. The highest BCUT2D eigenvalue weighted by Crippen LogP contribution is 2.51. The van der Waals surface area contributed by atoms with Crippen LogP contribution >= 0.6 is 0 Å². The summed E-state index contributed by atoms with van der Waals surface area (Å²) >= 11 is 0. The molecular weight excluding hydrogens is 799 g/mol. The average molecular weight is 848 g/mol. The maximum Gasteiger partial charge on any atom is 0.0779 e. The van der Waals surface area contributed by atoms with Crippen molar-refractivity contribution < 1.29 is 0 Å². The van der Waals surface area contributed by atoms with Crippen LogP contribution in [0.2, 0.25) is 0 Å². The molecule has 3 heterocycles. The van der Waals surface area contributed by atoms with Crippen molar-refractivity contribution in [3.05, 3.63) is 280 Å². The molecule has 3 N–H and O–H groups in total. The van der Waals surface area contributed by atoms with Crippen molar-refractivity contribution in [2.45, 2.75) is 31.0 Å². The van der Waals surface area contributed by atoms with Gasteiger partial charge in [-0.3, -0.25) is 0 Å². The van der Waals surface area contributed by atoms with Crippen LogP contribution in [0.4, 0.5) is 11.4 Å². The Morgan fingerprint density at radius 1 is 0.394 bits per heavy atom. The summed E-state index contributed by atoms with van der Waals surface area (Å²) in [7, 11) is 0. The van der Waals surface area contributed by atoms with E-state index in [-0.39, 0.29) is 18.1 Å². The molecule has 0 spiro atoms. The lowest BCUT2D eigenvalue weighted by atomic mass is 9.76. The minimum atomic E-state index is -0.0882. The Morgan fingerprint density at radius 2 is 0.924 bits per heavy atom. The summed E-state index contributed by atoms with van der Waals surface area (Å²) in [4.78, 5) is 0. The van der Waals surface area contributed by atoms with Crippen LogP contribution in [0, 0.1) is 0 Å². The largest absolute Gasteiger partial charge is 0.373 e. The van der Waals surface area contributed by atoms with Gasteiger partial charge in [-0.2, -0.15) is 0 Å². The van der Waals surface area contributed by atoms with Crippen molar-refractivity contribution in [3.8, 4) is 11.1 Å². The Bertz CT molecular complexity index is 3230. The summed E-state index contributed by atoms with van der Waals surface area (Å²) in [5.41, 5.74) is 23.3. The smallest absolute Gasteiger partial charge is 0.0779 e. The van der Waals surface area contributed by atoms with Crippen molar-refractivity contribution in [2.75, 3.05) is 10.6 Å². The lowest BCUT2D eigenvalue weighted by Gasteiger charge is -2.36. The molecule has 0 aromatic heterocycles. The average Bonchev–Trinajstić information content (AvgIpc) is 3.41. The first kappa shape index (κ1) is 39.5. The number of rotatable bonds is 8. The molecule has 1 aliphatic carbocycles. The van der Waals surface area contributed by atoms with Gasteiger partial charge >= 0.3 is 0 Å². The Kier molecular flexibility index (Phi) is 10.2. The molecule has 8 aromatic rings. The maximum atomic E-state index is 4.11. The van der Waals surface area contributed by atoms with Crippen molar-refractivity contribution in [1.82, 2.24) is 5.32 Å². The summed E-state index contributed by atoms with van der Waals surface area (Å²) in [6.45, 7) is 0. The molecule has 3 atom stereocenters. The van der Waals surface area contributed by atoms with E-state index in [1.54, 1.807) is 0 Å². The third-order valence-electron chi connectivity index (χ3n) is 13.7. The molecule has 12 rings (SSSR count). The molecule has 0 radical (unpaired) electrons. The normalized spacial score (nSPS) is 18.1. The Labute approximate surface area is 387 Å². The second kappa shape index (κ2) is 17.1. The minimum Gasteiger partial charge on any atom is -0.373 e. The second-order valence-electron chi connectivity index (χ2n) is 17.6. The number of allylic oxidation sites excluding steroid dienone is 3. The molecule has 0 saturated carbocycles. The molecule has 3 aliphatic heterocycles. The van der Waals surface area contributed by atoms with E-state index in [1.165, 1.54) is 83.5 Å². The Balaban J connectivity index is 0.957. The summed E-state index contributed by atoms with van der Waals surface area (Å²) < 4.78 is 0. The number of dihydropyridines is 1. The van der Waals surface area contributed by atoms with Gasteiger partial charge in [0.1, 0.15) is 0 Å². The van der Waals surface area contributed by atoms with Gasteiger partial charge in [-0.25, -0.2) is 0 Å². The van der Waals surface area contributed by atoms with Gasteiger partial charge in [0, 0.05) is 5.57 Å². The predicted octanol–water partition coefficient (Wildman–Crippen LogP) is 15.5. The standard InChI is InChI=1S/C63H49N3/c1-6-18-43(19-7-1)55-40-36-49-34-35-50-37-41-56(65-63(50)62(49)64-55)54-39-38-51(52-28-16-17-29-53(52)54)42-30-32-46(33-31-42)57-58(44-20-8-2-9-21-44)60(47-24-12-4-13-25-47)66-61(48-26-14-5-15-27-48)59(57)45-22-10-3-11-23-45/h1-15,17-27,29-41,55-56,60,64-66H,16,28H2. The lowest BCUT2D eigenvalue weighted by molar-refractivity contribution is 0.787. The molecule has 66 heavy (non-hydrogen) atoms. The molecule has 3 nitrogen and oxygen atoms in total. The summed E-state index contributed by atoms with van der Waals surface area (Å²) in [5, 5.41) is 12.0. The quantitative estimate of drug-likeness (QED) is 0.143. The van der Waals surface area contributed by atoms with Crippen LogP contribution < -0.4 is 16.0 Å². The number of hydrogen-bond donors (Lipinski definition) is 3. The Hall–Kier alpha value is -8.14. The van der Waals surface area contributed by atoms with E-state index in [4.69, 9.17) is 0 Å². The molecule has 316 valence electrons. The van der Waals surface area contributed by atoms with Gasteiger partial charge in [0.15, 0.2) is 0 Å².